The summed E-state index contributed by atoms with van der Waals surface area (Å²) in [5.74, 6) is 0.776. The average Bonchev–Trinajstić information content (AvgIpc) is 2.63. The zero-order chi connectivity index (χ0) is 16.4. The Hall–Kier alpha value is -1.27. The molecule has 0 nitrogen and oxygen atoms in total. The van der Waals surface area contributed by atoms with Gasteiger partial charge in [-0.25, -0.2) is 0 Å². The smallest absolute Gasteiger partial charge is 0.0223 e. The van der Waals surface area contributed by atoms with Gasteiger partial charge in [-0.1, -0.05) is 93.3 Å². The number of hydrogen-bond donors (Lipinski definition) is 0. The molecule has 0 bridgehead atoms. The van der Waals surface area contributed by atoms with Gasteiger partial charge in [-0.3, -0.25) is 0 Å². The van der Waals surface area contributed by atoms with Crippen molar-refractivity contribution < 1.29 is 0 Å². The van der Waals surface area contributed by atoms with Crippen LogP contribution in [0.4, 0.5) is 0 Å². The standard InChI is InChI=1S/C22H29Cl/c1-2-3-17-22(18-11-6-12-19-23,20-13-7-4-8-14-20)21-15-9-5-10-16-21/h4-5,7-10,13-16H,2-3,6,11-12,17-19H2,1H3. The third-order valence-electron chi connectivity index (χ3n) is 4.85. The topological polar surface area (TPSA) is 0 Å². The molecule has 0 heterocycles. The highest BCUT2D eigenvalue weighted by Crippen LogP contribution is 2.41. The molecule has 0 amide bonds. The Balaban J connectivity index is 2.36. The minimum atomic E-state index is 0.144. The molecular weight excluding hydrogens is 300 g/mol. The van der Waals surface area contributed by atoms with Crippen LogP contribution >= 0.6 is 11.6 Å². The number of benzene rings is 2. The van der Waals surface area contributed by atoms with Crippen LogP contribution < -0.4 is 0 Å². The molecule has 0 aliphatic heterocycles. The SMILES string of the molecule is CCCCC(CCCCCCl)(c1ccccc1)c1ccccc1. The fraction of sp³-hybridized carbons (Fsp3) is 0.455. The lowest BCUT2D eigenvalue weighted by atomic mass is 9.68. The van der Waals surface area contributed by atoms with E-state index in [2.05, 4.69) is 67.6 Å². The van der Waals surface area contributed by atoms with Crippen LogP contribution in [0.15, 0.2) is 60.7 Å². The quantitative estimate of drug-likeness (QED) is 0.326. The maximum Gasteiger partial charge on any atom is 0.0223 e. The molecular formula is C22H29Cl. The summed E-state index contributed by atoms with van der Waals surface area (Å²) >= 11 is 5.87. The first-order valence-corrected chi connectivity index (χ1v) is 9.54. The van der Waals surface area contributed by atoms with E-state index in [4.69, 9.17) is 11.6 Å². The van der Waals surface area contributed by atoms with E-state index in [1.165, 1.54) is 49.7 Å². The van der Waals surface area contributed by atoms with Crippen LogP contribution in [0.3, 0.4) is 0 Å². The number of alkyl halides is 1. The number of unbranched alkanes of at least 4 members (excludes halogenated alkanes) is 3. The lowest BCUT2D eigenvalue weighted by Gasteiger charge is -2.36. The van der Waals surface area contributed by atoms with Gasteiger partial charge in [0.25, 0.3) is 0 Å². The van der Waals surface area contributed by atoms with E-state index in [0.29, 0.717) is 0 Å². The van der Waals surface area contributed by atoms with Crippen molar-refractivity contribution in [3.05, 3.63) is 71.8 Å². The summed E-state index contributed by atoms with van der Waals surface area (Å²) in [5.41, 5.74) is 3.07. The normalized spacial score (nSPS) is 11.6. The molecule has 0 unspecified atom stereocenters. The van der Waals surface area contributed by atoms with E-state index in [1.807, 2.05) is 0 Å². The van der Waals surface area contributed by atoms with Gasteiger partial charge < -0.3 is 0 Å². The van der Waals surface area contributed by atoms with E-state index in [9.17, 15) is 0 Å². The molecule has 0 atom stereocenters. The fourth-order valence-electron chi connectivity index (χ4n) is 3.56. The first kappa shape index (κ1) is 18.1. The van der Waals surface area contributed by atoms with E-state index in [1.54, 1.807) is 0 Å². The molecule has 0 radical (unpaired) electrons. The summed E-state index contributed by atoms with van der Waals surface area (Å²) in [6.45, 7) is 2.29. The zero-order valence-electron chi connectivity index (χ0n) is 14.3. The molecule has 0 aliphatic carbocycles. The summed E-state index contributed by atoms with van der Waals surface area (Å²) < 4.78 is 0. The van der Waals surface area contributed by atoms with Crippen molar-refractivity contribution in [1.29, 1.82) is 0 Å². The highest BCUT2D eigenvalue weighted by atomic mass is 35.5. The van der Waals surface area contributed by atoms with Crippen molar-refractivity contribution in [2.24, 2.45) is 0 Å². The van der Waals surface area contributed by atoms with Gasteiger partial charge in [-0.05, 0) is 30.4 Å². The molecule has 0 N–H and O–H groups in total. The zero-order valence-corrected chi connectivity index (χ0v) is 15.1. The maximum atomic E-state index is 5.87. The van der Waals surface area contributed by atoms with Crippen LogP contribution in [0.1, 0.15) is 63.0 Å². The predicted octanol–water partition coefficient (Wildman–Crippen LogP) is 6.96. The molecule has 0 aliphatic rings. The van der Waals surface area contributed by atoms with Crippen LogP contribution in [0.5, 0.6) is 0 Å². The summed E-state index contributed by atoms with van der Waals surface area (Å²) in [6.07, 6.45) is 8.50. The van der Waals surface area contributed by atoms with Gasteiger partial charge in [0, 0.05) is 11.3 Å². The monoisotopic (exact) mass is 328 g/mol. The Bertz CT molecular complexity index is 493. The van der Waals surface area contributed by atoms with Gasteiger partial charge in [0.2, 0.25) is 0 Å². The molecule has 0 saturated heterocycles. The Morgan fingerprint density at radius 2 is 1.22 bits per heavy atom. The summed E-state index contributed by atoms with van der Waals surface area (Å²) in [6, 6.07) is 22.2. The summed E-state index contributed by atoms with van der Waals surface area (Å²) in [4.78, 5) is 0. The molecule has 0 aromatic heterocycles. The molecule has 23 heavy (non-hydrogen) atoms. The van der Waals surface area contributed by atoms with E-state index in [-0.39, 0.29) is 5.41 Å². The Morgan fingerprint density at radius 3 is 1.70 bits per heavy atom. The van der Waals surface area contributed by atoms with Crippen LogP contribution in [0, 0.1) is 0 Å². The van der Waals surface area contributed by atoms with E-state index < -0.39 is 0 Å². The largest absolute Gasteiger partial charge is 0.127 e. The van der Waals surface area contributed by atoms with Gasteiger partial charge in [0.1, 0.15) is 0 Å². The highest BCUT2D eigenvalue weighted by molar-refractivity contribution is 6.17. The third kappa shape index (κ3) is 4.85. The second-order valence-electron chi connectivity index (χ2n) is 6.42. The van der Waals surface area contributed by atoms with Crippen LogP contribution in [0.2, 0.25) is 0 Å². The minimum absolute atomic E-state index is 0.144. The molecule has 2 rings (SSSR count). The lowest BCUT2D eigenvalue weighted by Crippen LogP contribution is -2.28. The second-order valence-corrected chi connectivity index (χ2v) is 6.80. The van der Waals surface area contributed by atoms with Gasteiger partial charge in [0.05, 0.1) is 0 Å². The van der Waals surface area contributed by atoms with Crippen molar-refractivity contribution in [3.63, 3.8) is 0 Å². The van der Waals surface area contributed by atoms with Crippen LogP contribution in [0.25, 0.3) is 0 Å². The Kier molecular flexibility index (Phi) is 7.68. The second kappa shape index (κ2) is 9.78. The van der Waals surface area contributed by atoms with Gasteiger partial charge >= 0.3 is 0 Å². The maximum absolute atomic E-state index is 5.87. The van der Waals surface area contributed by atoms with Crippen molar-refractivity contribution in [1.82, 2.24) is 0 Å². The minimum Gasteiger partial charge on any atom is -0.127 e. The highest BCUT2D eigenvalue weighted by Gasteiger charge is 2.32. The molecule has 0 saturated carbocycles. The van der Waals surface area contributed by atoms with Crippen molar-refractivity contribution in [2.45, 2.75) is 57.3 Å². The van der Waals surface area contributed by atoms with Gasteiger partial charge in [-0.15, -0.1) is 11.6 Å². The van der Waals surface area contributed by atoms with Gasteiger partial charge in [0.15, 0.2) is 0 Å². The Labute approximate surface area is 146 Å². The molecule has 0 fully saturated rings. The first-order chi connectivity index (χ1) is 11.3. The number of hydrogen-bond acceptors (Lipinski definition) is 0. The van der Waals surface area contributed by atoms with Crippen LogP contribution in [-0.4, -0.2) is 5.88 Å². The van der Waals surface area contributed by atoms with Crippen molar-refractivity contribution in [2.75, 3.05) is 5.88 Å². The average molecular weight is 329 g/mol. The molecule has 124 valence electrons. The van der Waals surface area contributed by atoms with Gasteiger partial charge in [-0.2, -0.15) is 0 Å². The first-order valence-electron chi connectivity index (χ1n) is 9.00. The summed E-state index contributed by atoms with van der Waals surface area (Å²) in [5, 5.41) is 0. The number of halogens is 1. The van der Waals surface area contributed by atoms with E-state index in [0.717, 1.165) is 12.3 Å². The molecule has 2 aromatic rings. The molecule has 1 heteroatoms. The predicted molar refractivity (Wildman–Crippen MR) is 102 cm³/mol. The third-order valence-corrected chi connectivity index (χ3v) is 5.11. The lowest BCUT2D eigenvalue weighted by molar-refractivity contribution is 0.401. The Morgan fingerprint density at radius 1 is 0.696 bits per heavy atom. The molecule has 2 aromatic carbocycles. The summed E-state index contributed by atoms with van der Waals surface area (Å²) in [7, 11) is 0. The fourth-order valence-corrected chi connectivity index (χ4v) is 3.75. The van der Waals surface area contributed by atoms with Crippen molar-refractivity contribution in [3.8, 4) is 0 Å². The van der Waals surface area contributed by atoms with Crippen molar-refractivity contribution >= 4 is 11.6 Å². The molecule has 0 spiro atoms. The van der Waals surface area contributed by atoms with E-state index >= 15 is 0 Å². The number of rotatable bonds is 10. The van der Waals surface area contributed by atoms with Crippen LogP contribution in [-0.2, 0) is 5.41 Å².